The standard InChI is InChI=1S/C17H18N4O2/c1-19-16-11-8-7-10(9-12(11)20-17(18)21-16)15-13(22-2)5-4-6-14(15)23-3/h4-9H,1-3H3,(H3,18,19,20,21). The second kappa shape index (κ2) is 6.00. The second-order valence-corrected chi connectivity index (χ2v) is 4.95. The van der Waals surface area contributed by atoms with Crippen LogP contribution < -0.4 is 20.5 Å². The van der Waals surface area contributed by atoms with Gasteiger partial charge in [-0.15, -0.1) is 0 Å². The number of nitrogen functional groups attached to an aromatic ring is 1. The van der Waals surface area contributed by atoms with Crippen molar-refractivity contribution in [2.24, 2.45) is 0 Å². The number of nitrogens with zero attached hydrogens (tertiary/aromatic N) is 2. The van der Waals surface area contributed by atoms with E-state index in [0.717, 1.165) is 33.5 Å². The van der Waals surface area contributed by atoms with Crippen LogP contribution >= 0.6 is 0 Å². The Bertz CT molecular complexity index is 842. The average molecular weight is 310 g/mol. The molecule has 0 saturated carbocycles. The van der Waals surface area contributed by atoms with Gasteiger partial charge in [0.2, 0.25) is 5.95 Å². The zero-order valence-electron chi connectivity index (χ0n) is 13.3. The summed E-state index contributed by atoms with van der Waals surface area (Å²) in [5, 5.41) is 3.94. The number of methoxy groups -OCH3 is 2. The maximum atomic E-state index is 5.79. The number of ether oxygens (including phenoxy) is 2. The summed E-state index contributed by atoms with van der Waals surface area (Å²) in [6.45, 7) is 0. The maximum Gasteiger partial charge on any atom is 0.222 e. The molecule has 1 aromatic heterocycles. The van der Waals surface area contributed by atoms with Crippen LogP contribution in [0.1, 0.15) is 0 Å². The van der Waals surface area contributed by atoms with Crippen LogP contribution in [0.5, 0.6) is 11.5 Å². The van der Waals surface area contributed by atoms with E-state index in [0.29, 0.717) is 5.82 Å². The monoisotopic (exact) mass is 310 g/mol. The van der Waals surface area contributed by atoms with Crippen molar-refractivity contribution in [2.75, 3.05) is 32.3 Å². The molecule has 3 rings (SSSR count). The van der Waals surface area contributed by atoms with Crippen LogP contribution in [-0.2, 0) is 0 Å². The Morgan fingerprint density at radius 2 is 1.70 bits per heavy atom. The number of nitrogens with one attached hydrogen (secondary N) is 1. The molecule has 0 saturated heterocycles. The minimum absolute atomic E-state index is 0.228. The first-order valence-electron chi connectivity index (χ1n) is 7.14. The van der Waals surface area contributed by atoms with Crippen LogP contribution in [0, 0.1) is 0 Å². The lowest BCUT2D eigenvalue weighted by Crippen LogP contribution is -2.01. The molecule has 2 aromatic carbocycles. The molecule has 1 heterocycles. The first kappa shape index (κ1) is 14.9. The number of anilines is 2. The molecular formula is C17H18N4O2. The average Bonchev–Trinajstić information content (AvgIpc) is 2.59. The largest absolute Gasteiger partial charge is 0.496 e. The normalized spacial score (nSPS) is 10.6. The van der Waals surface area contributed by atoms with Gasteiger partial charge in [-0.05, 0) is 29.8 Å². The van der Waals surface area contributed by atoms with Crippen molar-refractivity contribution in [1.29, 1.82) is 0 Å². The third-order valence-corrected chi connectivity index (χ3v) is 3.67. The molecule has 0 aliphatic carbocycles. The summed E-state index contributed by atoms with van der Waals surface area (Å²) >= 11 is 0. The van der Waals surface area contributed by atoms with Crippen LogP contribution in [0.2, 0.25) is 0 Å². The quantitative estimate of drug-likeness (QED) is 0.771. The molecule has 23 heavy (non-hydrogen) atoms. The number of fused-ring (bicyclic) bond motifs is 1. The number of aromatic nitrogens is 2. The molecule has 0 amide bonds. The van der Waals surface area contributed by atoms with E-state index in [1.165, 1.54) is 0 Å². The number of hydrogen-bond acceptors (Lipinski definition) is 6. The van der Waals surface area contributed by atoms with Gasteiger partial charge in [0.15, 0.2) is 0 Å². The van der Waals surface area contributed by atoms with E-state index in [1.807, 2.05) is 36.4 Å². The highest BCUT2D eigenvalue weighted by Crippen LogP contribution is 2.39. The SMILES string of the molecule is CNc1nc(N)nc2cc(-c3c(OC)cccc3OC)ccc12. The molecule has 0 aliphatic rings. The molecule has 3 aromatic rings. The first-order chi connectivity index (χ1) is 11.2. The van der Waals surface area contributed by atoms with Crippen molar-refractivity contribution in [3.8, 4) is 22.6 Å². The molecule has 0 aliphatic heterocycles. The van der Waals surface area contributed by atoms with Crippen molar-refractivity contribution >= 4 is 22.7 Å². The lowest BCUT2D eigenvalue weighted by molar-refractivity contribution is 0.397. The predicted molar refractivity (Wildman–Crippen MR) is 92.0 cm³/mol. The van der Waals surface area contributed by atoms with Gasteiger partial charge in [0.1, 0.15) is 17.3 Å². The van der Waals surface area contributed by atoms with Crippen molar-refractivity contribution in [3.63, 3.8) is 0 Å². The van der Waals surface area contributed by atoms with Crippen LogP contribution in [0.25, 0.3) is 22.0 Å². The summed E-state index contributed by atoms with van der Waals surface area (Å²) in [6, 6.07) is 11.6. The minimum atomic E-state index is 0.228. The number of hydrogen-bond donors (Lipinski definition) is 2. The lowest BCUT2D eigenvalue weighted by Gasteiger charge is -2.14. The number of rotatable bonds is 4. The van der Waals surface area contributed by atoms with E-state index in [1.54, 1.807) is 21.3 Å². The molecule has 0 fully saturated rings. The Morgan fingerprint density at radius 1 is 1.00 bits per heavy atom. The summed E-state index contributed by atoms with van der Waals surface area (Å²) in [5.41, 5.74) is 8.36. The number of benzene rings is 2. The first-order valence-corrected chi connectivity index (χ1v) is 7.14. The Labute approximate surface area is 134 Å². The Morgan fingerprint density at radius 3 is 2.30 bits per heavy atom. The van der Waals surface area contributed by atoms with Crippen molar-refractivity contribution in [1.82, 2.24) is 9.97 Å². The van der Waals surface area contributed by atoms with Gasteiger partial charge in [0, 0.05) is 12.4 Å². The van der Waals surface area contributed by atoms with E-state index in [-0.39, 0.29) is 5.95 Å². The van der Waals surface area contributed by atoms with Crippen LogP contribution in [-0.4, -0.2) is 31.2 Å². The van der Waals surface area contributed by atoms with Crippen molar-refractivity contribution in [3.05, 3.63) is 36.4 Å². The molecule has 6 nitrogen and oxygen atoms in total. The summed E-state index contributed by atoms with van der Waals surface area (Å²) in [7, 11) is 5.08. The summed E-state index contributed by atoms with van der Waals surface area (Å²) in [5.74, 6) is 2.40. The van der Waals surface area contributed by atoms with Crippen LogP contribution in [0.4, 0.5) is 11.8 Å². The zero-order valence-corrected chi connectivity index (χ0v) is 13.3. The summed E-state index contributed by atoms with van der Waals surface area (Å²) in [4.78, 5) is 8.52. The third-order valence-electron chi connectivity index (χ3n) is 3.67. The van der Waals surface area contributed by atoms with Gasteiger partial charge < -0.3 is 20.5 Å². The highest BCUT2D eigenvalue weighted by Gasteiger charge is 2.14. The second-order valence-electron chi connectivity index (χ2n) is 4.95. The lowest BCUT2D eigenvalue weighted by atomic mass is 10.0. The van der Waals surface area contributed by atoms with Crippen LogP contribution in [0.3, 0.4) is 0 Å². The summed E-state index contributed by atoms with van der Waals surface area (Å²) < 4.78 is 10.9. The molecule has 0 unspecified atom stereocenters. The van der Waals surface area contributed by atoms with Crippen molar-refractivity contribution in [2.45, 2.75) is 0 Å². The predicted octanol–water partition coefficient (Wildman–Crippen LogP) is 2.94. The minimum Gasteiger partial charge on any atom is -0.496 e. The van der Waals surface area contributed by atoms with Gasteiger partial charge in [-0.2, -0.15) is 4.98 Å². The van der Waals surface area contributed by atoms with Crippen molar-refractivity contribution < 1.29 is 9.47 Å². The van der Waals surface area contributed by atoms with Gasteiger partial charge in [-0.1, -0.05) is 12.1 Å². The van der Waals surface area contributed by atoms with Crippen LogP contribution in [0.15, 0.2) is 36.4 Å². The number of nitrogens with two attached hydrogens (primary N) is 1. The molecule has 6 heteroatoms. The Balaban J connectivity index is 2.26. The Kier molecular flexibility index (Phi) is 3.89. The molecule has 118 valence electrons. The van der Waals surface area contributed by atoms with Gasteiger partial charge in [-0.3, -0.25) is 0 Å². The van der Waals surface area contributed by atoms with E-state index >= 15 is 0 Å². The van der Waals surface area contributed by atoms with E-state index < -0.39 is 0 Å². The summed E-state index contributed by atoms with van der Waals surface area (Å²) in [6.07, 6.45) is 0. The van der Waals surface area contributed by atoms with Gasteiger partial charge in [-0.25, -0.2) is 4.98 Å². The molecule has 0 bridgehead atoms. The maximum absolute atomic E-state index is 5.79. The smallest absolute Gasteiger partial charge is 0.222 e. The molecule has 0 atom stereocenters. The fourth-order valence-electron chi connectivity index (χ4n) is 2.63. The zero-order chi connectivity index (χ0) is 16.4. The third kappa shape index (κ3) is 2.59. The topological polar surface area (TPSA) is 82.3 Å². The van der Waals surface area contributed by atoms with E-state index in [9.17, 15) is 0 Å². The van der Waals surface area contributed by atoms with Gasteiger partial charge in [0.05, 0.1) is 25.3 Å². The Hall–Kier alpha value is -3.02. The fraction of sp³-hybridized carbons (Fsp3) is 0.176. The molecule has 0 spiro atoms. The molecule has 0 radical (unpaired) electrons. The highest BCUT2D eigenvalue weighted by molar-refractivity contribution is 5.94. The highest BCUT2D eigenvalue weighted by atomic mass is 16.5. The molecule has 3 N–H and O–H groups in total. The molecular weight excluding hydrogens is 292 g/mol. The van der Waals surface area contributed by atoms with Gasteiger partial charge >= 0.3 is 0 Å². The van der Waals surface area contributed by atoms with E-state index in [4.69, 9.17) is 15.2 Å². The van der Waals surface area contributed by atoms with E-state index in [2.05, 4.69) is 15.3 Å². The van der Waals surface area contributed by atoms with Gasteiger partial charge in [0.25, 0.3) is 0 Å². The fourth-order valence-corrected chi connectivity index (χ4v) is 2.63.